The molecular weight excluding hydrogens is 572 g/mol. The van der Waals surface area contributed by atoms with Gasteiger partial charge in [-0.1, -0.05) is 0 Å². The maximum Gasteiger partial charge on any atom is 0.303 e. The van der Waals surface area contributed by atoms with Gasteiger partial charge in [-0.3, -0.25) is 38.6 Å². The van der Waals surface area contributed by atoms with Crippen LogP contribution >= 0.6 is 11.8 Å². The maximum atomic E-state index is 13.2. The fraction of sp³-hybridized carbons (Fsp3) is 0.667. The number of thioether (sulfide) groups is 1. The maximum absolute atomic E-state index is 13.2. The molecule has 42 heavy (non-hydrogen) atoms. The number of imide groups is 2. The minimum Gasteiger partial charge on any atom is -0.481 e. The van der Waals surface area contributed by atoms with Crippen LogP contribution in [-0.2, 0) is 38.2 Å². The van der Waals surface area contributed by atoms with E-state index in [1.54, 1.807) is 13.8 Å². The standard InChI is InChI=1S/C27H38N4O10S/c1-18(32)15-29-25(39)27(3,16-26(2,17-28)7-6-23(36)37)42-19-14-22(35)31(24(19)38)9-11-41-13-12-40-10-8-30-20(33)4-5-21(30)34/h4-5,18-19,32H,6-16H2,1-3H3,(H,29,39)(H,36,37). The zero-order chi connectivity index (χ0) is 31.5. The van der Waals surface area contributed by atoms with E-state index in [9.17, 15) is 39.1 Å². The minimum absolute atomic E-state index is 0.0172. The third kappa shape index (κ3) is 10.2. The van der Waals surface area contributed by atoms with Gasteiger partial charge in [0, 0.05) is 31.5 Å². The molecule has 0 saturated carbocycles. The van der Waals surface area contributed by atoms with Crippen LogP contribution in [0, 0.1) is 16.7 Å². The van der Waals surface area contributed by atoms with Crippen molar-refractivity contribution in [2.75, 3.05) is 46.1 Å². The number of ether oxygens (including phenoxy) is 2. The molecule has 0 spiro atoms. The average molecular weight is 611 g/mol. The number of amides is 5. The minimum atomic E-state index is -1.39. The Morgan fingerprint density at radius 3 is 2.19 bits per heavy atom. The summed E-state index contributed by atoms with van der Waals surface area (Å²) in [5.41, 5.74) is -1.21. The Bertz CT molecular complexity index is 1100. The number of hydrogen-bond acceptors (Lipinski definition) is 11. The summed E-state index contributed by atoms with van der Waals surface area (Å²) in [7, 11) is 0. The second kappa shape index (κ2) is 15.8. The predicted octanol–water partition coefficient (Wildman–Crippen LogP) is -0.154. The van der Waals surface area contributed by atoms with Crippen LogP contribution in [0.15, 0.2) is 12.2 Å². The molecule has 2 aliphatic heterocycles. The predicted molar refractivity (Wildman–Crippen MR) is 149 cm³/mol. The van der Waals surface area contributed by atoms with Gasteiger partial charge in [-0.25, -0.2) is 0 Å². The molecule has 0 aromatic rings. The number of nitrogens with one attached hydrogen (secondary N) is 1. The zero-order valence-corrected chi connectivity index (χ0v) is 24.8. The van der Waals surface area contributed by atoms with E-state index in [1.807, 2.05) is 0 Å². The second-order valence-electron chi connectivity index (χ2n) is 10.6. The van der Waals surface area contributed by atoms with E-state index >= 15 is 0 Å². The molecule has 232 valence electrons. The fourth-order valence-corrected chi connectivity index (χ4v) is 6.16. The molecule has 0 bridgehead atoms. The molecule has 5 amide bonds. The van der Waals surface area contributed by atoms with Crippen LogP contribution in [0.2, 0.25) is 0 Å². The summed E-state index contributed by atoms with van der Waals surface area (Å²) in [5.74, 6) is -3.35. The van der Waals surface area contributed by atoms with Gasteiger partial charge in [-0.2, -0.15) is 5.26 Å². The Labute approximate surface area is 248 Å². The monoisotopic (exact) mass is 610 g/mol. The zero-order valence-electron chi connectivity index (χ0n) is 24.0. The molecule has 2 rings (SSSR count). The van der Waals surface area contributed by atoms with Gasteiger partial charge in [0.2, 0.25) is 17.7 Å². The van der Waals surface area contributed by atoms with Crippen LogP contribution in [0.4, 0.5) is 0 Å². The van der Waals surface area contributed by atoms with Crippen LogP contribution in [0.5, 0.6) is 0 Å². The summed E-state index contributed by atoms with van der Waals surface area (Å²) in [6, 6.07) is 2.10. The number of nitrogens with zero attached hydrogens (tertiary/aromatic N) is 3. The lowest BCUT2D eigenvalue weighted by atomic mass is 9.78. The Morgan fingerprint density at radius 2 is 1.67 bits per heavy atom. The summed E-state index contributed by atoms with van der Waals surface area (Å²) >= 11 is 0.949. The van der Waals surface area contributed by atoms with Gasteiger partial charge >= 0.3 is 5.97 Å². The molecule has 0 aromatic carbocycles. The molecule has 4 atom stereocenters. The molecule has 1 saturated heterocycles. The van der Waals surface area contributed by atoms with Crippen molar-refractivity contribution < 1.29 is 48.5 Å². The number of hydrogen-bond donors (Lipinski definition) is 3. The number of carboxylic acid groups (broad SMARTS) is 1. The molecule has 0 aliphatic carbocycles. The van der Waals surface area contributed by atoms with Gasteiger partial charge in [0.1, 0.15) is 0 Å². The highest BCUT2D eigenvalue weighted by atomic mass is 32.2. The molecule has 1 fully saturated rings. The van der Waals surface area contributed by atoms with Gasteiger partial charge in [-0.05, 0) is 33.6 Å². The number of aliphatic carboxylic acids is 1. The lowest BCUT2D eigenvalue weighted by molar-refractivity contribution is -0.140. The SMILES string of the molecule is CC(O)CNC(=O)C(C)(CC(C)(C#N)CCC(=O)O)SC1CC(=O)N(CCOCCOCCN2C(=O)C=CC2=O)C1=O. The first-order chi connectivity index (χ1) is 19.7. The van der Waals surface area contributed by atoms with Gasteiger partial charge in [0.15, 0.2) is 0 Å². The highest BCUT2D eigenvalue weighted by Crippen LogP contribution is 2.44. The highest BCUT2D eigenvalue weighted by molar-refractivity contribution is 8.02. The quantitative estimate of drug-likeness (QED) is 0.129. The third-order valence-corrected chi connectivity index (χ3v) is 8.23. The van der Waals surface area contributed by atoms with E-state index in [0.29, 0.717) is 0 Å². The summed E-state index contributed by atoms with van der Waals surface area (Å²) in [6.45, 7) is 5.11. The molecule has 0 aromatic heterocycles. The number of carbonyl (C=O) groups excluding carboxylic acids is 5. The van der Waals surface area contributed by atoms with Crippen LogP contribution < -0.4 is 5.32 Å². The van der Waals surface area contributed by atoms with Gasteiger partial charge in [-0.15, -0.1) is 11.8 Å². The number of nitriles is 1. The van der Waals surface area contributed by atoms with Crippen molar-refractivity contribution in [3.63, 3.8) is 0 Å². The van der Waals surface area contributed by atoms with Crippen LogP contribution in [0.25, 0.3) is 0 Å². The number of rotatable bonds is 19. The first-order valence-corrected chi connectivity index (χ1v) is 14.4. The van der Waals surface area contributed by atoms with Crippen molar-refractivity contribution in [3.8, 4) is 6.07 Å². The van der Waals surface area contributed by atoms with Crippen LogP contribution in [0.3, 0.4) is 0 Å². The summed E-state index contributed by atoms with van der Waals surface area (Å²) in [4.78, 5) is 75.3. The molecule has 15 heteroatoms. The number of aliphatic hydroxyl groups is 1. The van der Waals surface area contributed by atoms with E-state index < -0.39 is 57.0 Å². The van der Waals surface area contributed by atoms with E-state index in [4.69, 9.17) is 14.6 Å². The lowest BCUT2D eigenvalue weighted by Crippen LogP contribution is -2.48. The largest absolute Gasteiger partial charge is 0.481 e. The summed E-state index contributed by atoms with van der Waals surface area (Å²) in [5, 5.41) is 30.2. The summed E-state index contributed by atoms with van der Waals surface area (Å²) < 4.78 is 9.42. The lowest BCUT2D eigenvalue weighted by Gasteiger charge is -2.35. The first-order valence-electron chi connectivity index (χ1n) is 13.5. The third-order valence-electron chi connectivity index (χ3n) is 6.72. The van der Waals surface area contributed by atoms with E-state index in [2.05, 4.69) is 11.4 Å². The van der Waals surface area contributed by atoms with E-state index in [1.165, 1.54) is 19.1 Å². The molecular formula is C27H38N4O10S. The Kier molecular flexibility index (Phi) is 13.1. The summed E-state index contributed by atoms with van der Waals surface area (Å²) in [6.07, 6.45) is 0.987. The van der Waals surface area contributed by atoms with Crippen molar-refractivity contribution in [1.82, 2.24) is 15.1 Å². The Morgan fingerprint density at radius 1 is 1.10 bits per heavy atom. The second-order valence-corrected chi connectivity index (χ2v) is 12.3. The smallest absolute Gasteiger partial charge is 0.303 e. The number of carbonyl (C=O) groups is 6. The van der Waals surface area contributed by atoms with Crippen molar-refractivity contribution in [3.05, 3.63) is 12.2 Å². The van der Waals surface area contributed by atoms with Crippen molar-refractivity contribution >= 4 is 47.3 Å². The van der Waals surface area contributed by atoms with Gasteiger partial charge in [0.05, 0.1) is 67.1 Å². The number of likely N-dealkylation sites (tertiary alicyclic amines) is 1. The molecule has 0 radical (unpaired) electrons. The fourth-order valence-electron chi connectivity index (χ4n) is 4.49. The Hall–Kier alpha value is -3.32. The molecule has 14 nitrogen and oxygen atoms in total. The molecule has 2 heterocycles. The van der Waals surface area contributed by atoms with Crippen LogP contribution in [0.1, 0.15) is 46.5 Å². The van der Waals surface area contributed by atoms with Crippen LogP contribution in [-0.4, -0.2) is 118 Å². The number of aliphatic hydroxyl groups excluding tert-OH is 1. The molecule has 2 aliphatic rings. The van der Waals surface area contributed by atoms with Gasteiger partial charge in [0.25, 0.3) is 11.8 Å². The van der Waals surface area contributed by atoms with E-state index in [-0.39, 0.29) is 71.7 Å². The van der Waals surface area contributed by atoms with E-state index in [0.717, 1.165) is 21.6 Å². The molecule has 3 N–H and O–H groups in total. The molecule has 4 unspecified atom stereocenters. The Balaban J connectivity index is 1.90. The highest BCUT2D eigenvalue weighted by Gasteiger charge is 2.48. The van der Waals surface area contributed by atoms with Crippen molar-refractivity contribution in [2.24, 2.45) is 5.41 Å². The van der Waals surface area contributed by atoms with Crippen molar-refractivity contribution in [2.45, 2.75) is 62.6 Å². The topological polar surface area (TPSA) is 204 Å². The normalized spacial score (nSPS) is 20.4. The average Bonchev–Trinajstić information content (AvgIpc) is 3.38. The first kappa shape index (κ1) is 34.9. The van der Waals surface area contributed by atoms with Gasteiger partial charge < -0.3 is 25.0 Å². The van der Waals surface area contributed by atoms with Crippen molar-refractivity contribution in [1.29, 1.82) is 5.26 Å². The number of carboxylic acids is 1.